The smallest absolute Gasteiger partial charge is 0.234 e. The van der Waals surface area contributed by atoms with Crippen molar-refractivity contribution >= 4 is 15.7 Å². The molecular formula is C17H19N3O4S. The Balaban J connectivity index is 1.66. The maximum Gasteiger partial charge on any atom is 0.234 e. The largest absolute Gasteiger partial charge is 0.492 e. The lowest BCUT2D eigenvalue weighted by Gasteiger charge is -2.36. The molecule has 2 atom stereocenters. The molecule has 132 valence electrons. The molecule has 0 saturated carbocycles. The highest BCUT2D eigenvalue weighted by Gasteiger charge is 2.41. The fourth-order valence-corrected chi connectivity index (χ4v) is 5.02. The molecule has 1 aromatic heterocycles. The van der Waals surface area contributed by atoms with E-state index in [4.69, 9.17) is 4.74 Å². The molecule has 3 heterocycles. The number of carbonyl (C=O) groups is 1. The minimum atomic E-state index is -3.18. The van der Waals surface area contributed by atoms with Crippen LogP contribution in [-0.4, -0.2) is 53.7 Å². The molecule has 0 radical (unpaired) electrons. The zero-order chi connectivity index (χ0) is 17.6. The maximum absolute atomic E-state index is 13.2. The normalized spacial score (nSPS) is 24.6. The second-order valence-electron chi connectivity index (χ2n) is 6.51. The average molecular weight is 361 g/mol. The molecule has 2 aliphatic rings. The van der Waals surface area contributed by atoms with E-state index in [1.807, 2.05) is 24.3 Å². The van der Waals surface area contributed by atoms with Crippen molar-refractivity contribution in [2.45, 2.75) is 12.0 Å². The first-order chi connectivity index (χ1) is 11.9. The van der Waals surface area contributed by atoms with E-state index in [1.54, 1.807) is 29.0 Å². The van der Waals surface area contributed by atoms with Gasteiger partial charge in [0.15, 0.2) is 9.84 Å². The Bertz CT molecular complexity index is 921. The summed E-state index contributed by atoms with van der Waals surface area (Å²) in [4.78, 5) is 14.9. The van der Waals surface area contributed by atoms with E-state index in [0.717, 1.165) is 16.9 Å². The monoisotopic (exact) mass is 361 g/mol. The Morgan fingerprint density at radius 1 is 1.32 bits per heavy atom. The SMILES string of the molecule is Cn1cc(C2CS(=O)(=O)CCN2C(=O)C2COc3ccccc32)cn1. The number of aryl methyl sites for hydroxylation is 1. The predicted molar refractivity (Wildman–Crippen MR) is 91.0 cm³/mol. The van der Waals surface area contributed by atoms with Gasteiger partial charge in [0.25, 0.3) is 0 Å². The number of amides is 1. The number of hydrogen-bond donors (Lipinski definition) is 0. The molecule has 2 aromatic rings. The van der Waals surface area contributed by atoms with Gasteiger partial charge >= 0.3 is 0 Å². The molecule has 25 heavy (non-hydrogen) atoms. The summed E-state index contributed by atoms with van der Waals surface area (Å²) >= 11 is 0. The second-order valence-corrected chi connectivity index (χ2v) is 8.74. The Labute approximate surface area is 146 Å². The summed E-state index contributed by atoms with van der Waals surface area (Å²) < 4.78 is 31.5. The van der Waals surface area contributed by atoms with Crippen LogP contribution in [0.3, 0.4) is 0 Å². The third-order valence-corrected chi connectivity index (χ3v) is 6.45. The van der Waals surface area contributed by atoms with E-state index in [2.05, 4.69) is 5.10 Å². The molecule has 0 bridgehead atoms. The van der Waals surface area contributed by atoms with E-state index in [0.29, 0.717) is 6.61 Å². The summed E-state index contributed by atoms with van der Waals surface area (Å²) in [5.74, 6) is 0.165. The number of nitrogens with zero attached hydrogens (tertiary/aromatic N) is 3. The highest BCUT2D eigenvalue weighted by Crippen LogP contribution is 2.37. The Morgan fingerprint density at radius 3 is 2.88 bits per heavy atom. The number of para-hydroxylation sites is 1. The summed E-state index contributed by atoms with van der Waals surface area (Å²) in [7, 11) is -1.41. The number of hydrogen-bond acceptors (Lipinski definition) is 5. The van der Waals surface area contributed by atoms with Gasteiger partial charge in [-0.2, -0.15) is 5.10 Å². The minimum Gasteiger partial charge on any atom is -0.492 e. The first-order valence-corrected chi connectivity index (χ1v) is 9.98. The lowest BCUT2D eigenvalue weighted by Crippen LogP contribution is -2.48. The third kappa shape index (κ3) is 2.90. The van der Waals surface area contributed by atoms with Crippen molar-refractivity contribution in [2.24, 2.45) is 7.05 Å². The van der Waals surface area contributed by atoms with Gasteiger partial charge in [-0.15, -0.1) is 0 Å². The summed E-state index contributed by atoms with van der Waals surface area (Å²) in [6, 6.07) is 6.99. The van der Waals surface area contributed by atoms with Gasteiger partial charge in [0.05, 0.1) is 23.7 Å². The molecule has 0 aliphatic carbocycles. The van der Waals surface area contributed by atoms with Crippen LogP contribution in [0.5, 0.6) is 5.75 Å². The molecule has 4 rings (SSSR count). The fourth-order valence-electron chi connectivity index (χ4n) is 3.53. The van der Waals surface area contributed by atoms with Crippen LogP contribution in [0.1, 0.15) is 23.1 Å². The number of aromatic nitrogens is 2. The van der Waals surface area contributed by atoms with Gasteiger partial charge in [-0.3, -0.25) is 9.48 Å². The lowest BCUT2D eigenvalue weighted by molar-refractivity contribution is -0.135. The Hall–Kier alpha value is -2.35. The van der Waals surface area contributed by atoms with E-state index >= 15 is 0 Å². The lowest BCUT2D eigenvalue weighted by atomic mass is 9.98. The average Bonchev–Trinajstić information content (AvgIpc) is 3.19. The molecule has 8 heteroatoms. The molecule has 1 saturated heterocycles. The number of ether oxygens (including phenoxy) is 1. The maximum atomic E-state index is 13.2. The fraction of sp³-hybridized carbons (Fsp3) is 0.412. The van der Waals surface area contributed by atoms with Crippen LogP contribution in [0.4, 0.5) is 0 Å². The quantitative estimate of drug-likeness (QED) is 0.794. The van der Waals surface area contributed by atoms with Crippen LogP contribution >= 0.6 is 0 Å². The zero-order valence-electron chi connectivity index (χ0n) is 13.8. The first-order valence-electron chi connectivity index (χ1n) is 8.16. The van der Waals surface area contributed by atoms with Crippen LogP contribution in [0, 0.1) is 0 Å². The molecule has 0 spiro atoms. The second kappa shape index (κ2) is 5.87. The summed E-state index contributed by atoms with van der Waals surface area (Å²) in [6.45, 7) is 0.487. The molecule has 2 unspecified atom stereocenters. The van der Waals surface area contributed by atoms with Gasteiger partial charge < -0.3 is 9.64 Å². The van der Waals surface area contributed by atoms with Crippen molar-refractivity contribution in [3.05, 3.63) is 47.8 Å². The zero-order valence-corrected chi connectivity index (χ0v) is 14.6. The third-order valence-electron chi connectivity index (χ3n) is 4.82. The molecule has 1 amide bonds. The number of benzene rings is 1. The Kier molecular flexibility index (Phi) is 3.79. The van der Waals surface area contributed by atoms with Gasteiger partial charge in [-0.1, -0.05) is 18.2 Å². The van der Waals surface area contributed by atoms with Crippen molar-refractivity contribution in [3.8, 4) is 5.75 Å². The highest BCUT2D eigenvalue weighted by atomic mass is 32.2. The molecule has 0 N–H and O–H groups in total. The summed E-state index contributed by atoms with van der Waals surface area (Å²) in [5, 5.41) is 4.13. The van der Waals surface area contributed by atoms with Crippen LogP contribution in [0.15, 0.2) is 36.7 Å². The molecule has 1 aromatic carbocycles. The Morgan fingerprint density at radius 2 is 2.12 bits per heavy atom. The number of sulfone groups is 1. The van der Waals surface area contributed by atoms with E-state index in [9.17, 15) is 13.2 Å². The van der Waals surface area contributed by atoms with Crippen LogP contribution in [-0.2, 0) is 21.7 Å². The van der Waals surface area contributed by atoms with Gasteiger partial charge in [-0.05, 0) is 6.07 Å². The van der Waals surface area contributed by atoms with E-state index in [-0.39, 0.29) is 24.0 Å². The van der Waals surface area contributed by atoms with Gasteiger partial charge in [0.1, 0.15) is 18.3 Å². The van der Waals surface area contributed by atoms with E-state index in [1.165, 1.54) is 0 Å². The molecular weight excluding hydrogens is 342 g/mol. The van der Waals surface area contributed by atoms with Crippen molar-refractivity contribution in [2.75, 3.05) is 24.7 Å². The first kappa shape index (κ1) is 16.1. The van der Waals surface area contributed by atoms with Gasteiger partial charge in [0, 0.05) is 30.9 Å². The number of rotatable bonds is 2. The van der Waals surface area contributed by atoms with E-state index < -0.39 is 21.8 Å². The summed E-state index contributed by atoms with van der Waals surface area (Å²) in [5.41, 5.74) is 1.61. The summed E-state index contributed by atoms with van der Waals surface area (Å²) in [6.07, 6.45) is 3.40. The molecule has 7 nitrogen and oxygen atoms in total. The van der Waals surface area contributed by atoms with Crippen LogP contribution < -0.4 is 4.74 Å². The van der Waals surface area contributed by atoms with Crippen molar-refractivity contribution in [3.63, 3.8) is 0 Å². The van der Waals surface area contributed by atoms with Crippen LogP contribution in [0.25, 0.3) is 0 Å². The van der Waals surface area contributed by atoms with Crippen molar-refractivity contribution in [1.29, 1.82) is 0 Å². The standard InChI is InChI=1S/C17H19N3O4S/c1-19-9-12(8-18-19)15-11-25(22,23)7-6-20(15)17(21)14-10-24-16-5-3-2-4-13(14)16/h2-5,8-9,14-15H,6-7,10-11H2,1H3. The predicted octanol–water partition coefficient (Wildman–Crippen LogP) is 0.894. The number of carbonyl (C=O) groups excluding carboxylic acids is 1. The molecule has 1 fully saturated rings. The topological polar surface area (TPSA) is 81.5 Å². The number of fused-ring (bicyclic) bond motifs is 1. The molecule has 2 aliphatic heterocycles. The minimum absolute atomic E-state index is 0.00920. The van der Waals surface area contributed by atoms with Crippen molar-refractivity contribution < 1.29 is 17.9 Å². The van der Waals surface area contributed by atoms with Gasteiger partial charge in [-0.25, -0.2) is 8.42 Å². The van der Waals surface area contributed by atoms with Gasteiger partial charge in [0.2, 0.25) is 5.91 Å². The van der Waals surface area contributed by atoms with Crippen molar-refractivity contribution in [1.82, 2.24) is 14.7 Å². The highest BCUT2D eigenvalue weighted by molar-refractivity contribution is 7.91. The van der Waals surface area contributed by atoms with Crippen LogP contribution in [0.2, 0.25) is 0 Å².